The molecule has 1 aliphatic rings. The summed E-state index contributed by atoms with van der Waals surface area (Å²) < 4.78 is 12.8. The Morgan fingerprint density at radius 2 is 1.88 bits per heavy atom. The SMILES string of the molecule is CN(Cc1ccc(F)cc1)C1CCCCC1Br. The summed E-state index contributed by atoms with van der Waals surface area (Å²) in [6.45, 7) is 0.896. The van der Waals surface area contributed by atoms with Gasteiger partial charge in [-0.2, -0.15) is 0 Å². The van der Waals surface area contributed by atoms with E-state index in [1.54, 1.807) is 0 Å². The fraction of sp³-hybridized carbons (Fsp3) is 0.571. The Hall–Kier alpha value is -0.410. The monoisotopic (exact) mass is 299 g/mol. The minimum atomic E-state index is -0.160. The van der Waals surface area contributed by atoms with Crippen LogP contribution in [0.15, 0.2) is 24.3 Å². The molecule has 0 heterocycles. The van der Waals surface area contributed by atoms with Crippen molar-refractivity contribution in [3.05, 3.63) is 35.6 Å². The summed E-state index contributed by atoms with van der Waals surface area (Å²) in [5.41, 5.74) is 1.18. The van der Waals surface area contributed by atoms with Crippen molar-refractivity contribution in [2.75, 3.05) is 7.05 Å². The van der Waals surface area contributed by atoms with E-state index in [4.69, 9.17) is 0 Å². The van der Waals surface area contributed by atoms with Crippen LogP contribution < -0.4 is 0 Å². The van der Waals surface area contributed by atoms with Gasteiger partial charge in [-0.15, -0.1) is 0 Å². The minimum absolute atomic E-state index is 0.160. The molecule has 94 valence electrons. The van der Waals surface area contributed by atoms with Crippen molar-refractivity contribution >= 4 is 15.9 Å². The van der Waals surface area contributed by atoms with Crippen molar-refractivity contribution in [1.29, 1.82) is 0 Å². The van der Waals surface area contributed by atoms with Crippen molar-refractivity contribution in [3.8, 4) is 0 Å². The summed E-state index contributed by atoms with van der Waals surface area (Å²) in [5, 5.41) is 0. The second-order valence-corrected chi connectivity index (χ2v) is 6.09. The Kier molecular flexibility index (Phi) is 4.57. The average Bonchev–Trinajstić information content (AvgIpc) is 2.32. The van der Waals surface area contributed by atoms with Gasteiger partial charge in [0.15, 0.2) is 0 Å². The largest absolute Gasteiger partial charge is 0.298 e. The van der Waals surface area contributed by atoms with Crippen molar-refractivity contribution in [2.24, 2.45) is 0 Å². The predicted molar refractivity (Wildman–Crippen MR) is 72.8 cm³/mol. The van der Waals surface area contributed by atoms with Crippen LogP contribution in [0.1, 0.15) is 31.2 Å². The molecule has 0 amide bonds. The molecular formula is C14H19BrFN. The first-order chi connectivity index (χ1) is 8.16. The molecule has 0 spiro atoms. The summed E-state index contributed by atoms with van der Waals surface area (Å²) in [7, 11) is 2.16. The highest BCUT2D eigenvalue weighted by Crippen LogP contribution is 2.28. The lowest BCUT2D eigenvalue weighted by molar-refractivity contribution is 0.193. The highest BCUT2D eigenvalue weighted by Gasteiger charge is 2.25. The molecule has 0 bridgehead atoms. The van der Waals surface area contributed by atoms with E-state index in [1.807, 2.05) is 12.1 Å². The van der Waals surface area contributed by atoms with Crippen molar-refractivity contribution in [3.63, 3.8) is 0 Å². The van der Waals surface area contributed by atoms with Gasteiger partial charge in [-0.1, -0.05) is 40.9 Å². The molecule has 2 unspecified atom stereocenters. The Balaban J connectivity index is 1.95. The summed E-state index contributed by atoms with van der Waals surface area (Å²) in [6.07, 6.45) is 5.17. The molecule has 0 saturated heterocycles. The van der Waals surface area contributed by atoms with Crippen LogP contribution in [0, 0.1) is 5.82 Å². The van der Waals surface area contributed by atoms with Crippen molar-refractivity contribution < 1.29 is 4.39 Å². The maximum atomic E-state index is 12.8. The molecule has 0 aromatic heterocycles. The topological polar surface area (TPSA) is 3.24 Å². The van der Waals surface area contributed by atoms with E-state index < -0.39 is 0 Å². The van der Waals surface area contributed by atoms with Gasteiger partial charge in [0, 0.05) is 17.4 Å². The summed E-state index contributed by atoms with van der Waals surface area (Å²) in [5.74, 6) is -0.160. The highest BCUT2D eigenvalue weighted by atomic mass is 79.9. The minimum Gasteiger partial charge on any atom is -0.298 e. The van der Waals surface area contributed by atoms with Crippen LogP contribution in [0.5, 0.6) is 0 Å². The standard InChI is InChI=1S/C14H19BrFN/c1-17(14-5-3-2-4-13(14)15)10-11-6-8-12(16)9-7-11/h6-9,13-14H,2-5,10H2,1H3. The van der Waals surface area contributed by atoms with Crippen LogP contribution >= 0.6 is 15.9 Å². The third kappa shape index (κ3) is 3.52. The Morgan fingerprint density at radius 3 is 2.53 bits per heavy atom. The van der Waals surface area contributed by atoms with Crippen LogP contribution in [0.4, 0.5) is 4.39 Å². The lowest BCUT2D eigenvalue weighted by Crippen LogP contribution is -2.40. The van der Waals surface area contributed by atoms with E-state index in [2.05, 4.69) is 27.9 Å². The van der Waals surface area contributed by atoms with Crippen LogP contribution in [-0.4, -0.2) is 22.8 Å². The molecule has 3 heteroatoms. The molecule has 17 heavy (non-hydrogen) atoms. The Bertz CT molecular complexity index is 352. The van der Waals surface area contributed by atoms with E-state index >= 15 is 0 Å². The van der Waals surface area contributed by atoms with Gasteiger partial charge >= 0.3 is 0 Å². The van der Waals surface area contributed by atoms with Crippen molar-refractivity contribution in [2.45, 2.75) is 43.1 Å². The molecular weight excluding hydrogens is 281 g/mol. The molecule has 1 saturated carbocycles. The third-order valence-corrected chi connectivity index (χ3v) is 4.63. The maximum Gasteiger partial charge on any atom is 0.123 e. The zero-order chi connectivity index (χ0) is 12.3. The maximum absolute atomic E-state index is 12.8. The first-order valence-corrected chi connectivity index (χ1v) is 7.17. The van der Waals surface area contributed by atoms with Crippen LogP contribution in [0.2, 0.25) is 0 Å². The van der Waals surface area contributed by atoms with Gasteiger partial charge in [0.05, 0.1) is 0 Å². The third-order valence-electron chi connectivity index (χ3n) is 3.56. The van der Waals surface area contributed by atoms with Gasteiger partial charge in [-0.05, 0) is 37.6 Å². The van der Waals surface area contributed by atoms with E-state index in [-0.39, 0.29) is 5.82 Å². The summed E-state index contributed by atoms with van der Waals surface area (Å²) >= 11 is 3.78. The number of alkyl halides is 1. The molecule has 1 aromatic rings. The van der Waals surface area contributed by atoms with E-state index in [1.165, 1.54) is 43.4 Å². The molecule has 2 atom stereocenters. The van der Waals surface area contributed by atoms with Gasteiger partial charge in [0.1, 0.15) is 5.82 Å². The first kappa shape index (κ1) is 13.0. The first-order valence-electron chi connectivity index (χ1n) is 6.25. The van der Waals surface area contributed by atoms with E-state index in [0.29, 0.717) is 10.9 Å². The fourth-order valence-corrected chi connectivity index (χ4v) is 3.55. The highest BCUT2D eigenvalue weighted by molar-refractivity contribution is 9.09. The molecule has 0 N–H and O–H groups in total. The summed E-state index contributed by atoms with van der Waals surface area (Å²) in [6, 6.07) is 7.43. The lowest BCUT2D eigenvalue weighted by Gasteiger charge is -2.35. The number of hydrogen-bond donors (Lipinski definition) is 0. The van der Waals surface area contributed by atoms with Gasteiger partial charge in [-0.3, -0.25) is 4.90 Å². The second kappa shape index (κ2) is 5.96. The Labute approximate surface area is 111 Å². The number of nitrogens with zero attached hydrogens (tertiary/aromatic N) is 1. The van der Waals surface area contributed by atoms with Gasteiger partial charge < -0.3 is 0 Å². The van der Waals surface area contributed by atoms with Gasteiger partial charge in [0.25, 0.3) is 0 Å². The molecule has 2 rings (SSSR count). The quantitative estimate of drug-likeness (QED) is 0.764. The predicted octanol–water partition coefficient (Wildman–Crippen LogP) is 3.96. The van der Waals surface area contributed by atoms with Gasteiger partial charge in [-0.25, -0.2) is 4.39 Å². The number of halogens is 2. The Morgan fingerprint density at radius 1 is 1.24 bits per heavy atom. The van der Waals surface area contributed by atoms with Crippen LogP contribution in [-0.2, 0) is 6.54 Å². The normalized spacial score (nSPS) is 25.2. The summed E-state index contributed by atoms with van der Waals surface area (Å²) in [4.78, 5) is 2.98. The molecule has 1 nitrogen and oxygen atoms in total. The fourth-order valence-electron chi connectivity index (χ4n) is 2.56. The zero-order valence-corrected chi connectivity index (χ0v) is 11.8. The second-order valence-electron chi connectivity index (χ2n) is 4.91. The molecule has 1 aliphatic carbocycles. The smallest absolute Gasteiger partial charge is 0.123 e. The van der Waals surface area contributed by atoms with E-state index in [9.17, 15) is 4.39 Å². The van der Waals surface area contributed by atoms with Gasteiger partial charge in [0.2, 0.25) is 0 Å². The molecule has 1 aromatic carbocycles. The number of benzene rings is 1. The lowest BCUT2D eigenvalue weighted by atomic mass is 9.94. The molecule has 0 radical (unpaired) electrons. The van der Waals surface area contributed by atoms with Crippen molar-refractivity contribution in [1.82, 2.24) is 4.90 Å². The molecule has 0 aliphatic heterocycles. The zero-order valence-electron chi connectivity index (χ0n) is 10.2. The van der Waals surface area contributed by atoms with Crippen LogP contribution in [0.25, 0.3) is 0 Å². The van der Waals surface area contributed by atoms with Crippen LogP contribution in [0.3, 0.4) is 0 Å². The molecule has 1 fully saturated rings. The number of rotatable bonds is 3. The number of hydrogen-bond acceptors (Lipinski definition) is 1. The average molecular weight is 300 g/mol. The van der Waals surface area contributed by atoms with E-state index in [0.717, 1.165) is 6.54 Å².